The number of fused-ring (bicyclic) bond motifs is 1. The van der Waals surface area contributed by atoms with Crippen LogP contribution in [0, 0.1) is 5.92 Å². The molecule has 1 saturated carbocycles. The van der Waals surface area contributed by atoms with Crippen molar-refractivity contribution in [3.63, 3.8) is 0 Å². The van der Waals surface area contributed by atoms with Gasteiger partial charge in [-0.2, -0.15) is 0 Å². The molecule has 0 spiro atoms. The van der Waals surface area contributed by atoms with E-state index >= 15 is 0 Å². The van der Waals surface area contributed by atoms with Crippen molar-refractivity contribution in [1.29, 1.82) is 0 Å². The first-order valence-corrected chi connectivity index (χ1v) is 9.97. The van der Waals surface area contributed by atoms with Crippen molar-refractivity contribution < 1.29 is 4.79 Å². The Hall–Kier alpha value is -2.95. The maximum absolute atomic E-state index is 13.2. The third-order valence-electron chi connectivity index (χ3n) is 5.70. The Bertz CT molecular complexity index is 1040. The third kappa shape index (κ3) is 3.70. The fourth-order valence-electron chi connectivity index (χ4n) is 4.06. The van der Waals surface area contributed by atoms with Gasteiger partial charge in [-0.3, -0.25) is 14.2 Å². The van der Waals surface area contributed by atoms with Gasteiger partial charge in [-0.05, 0) is 42.5 Å². The number of pyridine rings is 2. The van der Waals surface area contributed by atoms with Gasteiger partial charge in [0.15, 0.2) is 0 Å². The SMILES string of the molecule is CC1CCCCC1NC(=O)c1cc2cccnc2n(Cc2ccccc2)c1=O. The lowest BCUT2D eigenvalue weighted by molar-refractivity contribution is 0.0908. The van der Waals surface area contributed by atoms with Gasteiger partial charge in [0.05, 0.1) is 6.54 Å². The van der Waals surface area contributed by atoms with Gasteiger partial charge in [-0.15, -0.1) is 0 Å². The predicted molar refractivity (Wildman–Crippen MR) is 110 cm³/mol. The first-order valence-electron chi connectivity index (χ1n) is 9.97. The van der Waals surface area contributed by atoms with Gasteiger partial charge in [-0.25, -0.2) is 4.98 Å². The standard InChI is InChI=1S/C23H25N3O2/c1-16-8-5-6-12-20(16)25-22(27)19-14-18-11-7-13-24-21(18)26(23(19)28)15-17-9-3-2-4-10-17/h2-4,7,9-11,13-14,16,20H,5-6,8,12,15H2,1H3,(H,25,27). The number of rotatable bonds is 4. The number of benzene rings is 1. The van der Waals surface area contributed by atoms with Gasteiger partial charge in [0.25, 0.3) is 11.5 Å². The molecule has 4 rings (SSSR count). The smallest absolute Gasteiger partial charge is 0.265 e. The zero-order chi connectivity index (χ0) is 19.5. The first kappa shape index (κ1) is 18.4. The second-order valence-corrected chi connectivity index (χ2v) is 7.69. The molecule has 2 unspecified atom stereocenters. The normalized spacial score (nSPS) is 19.5. The molecule has 2 heterocycles. The highest BCUT2D eigenvalue weighted by atomic mass is 16.2. The van der Waals surface area contributed by atoms with Crippen LogP contribution in [0.5, 0.6) is 0 Å². The average molecular weight is 375 g/mol. The van der Waals surface area contributed by atoms with Gasteiger partial charge < -0.3 is 5.32 Å². The lowest BCUT2D eigenvalue weighted by Crippen LogP contribution is -2.43. The third-order valence-corrected chi connectivity index (χ3v) is 5.70. The van der Waals surface area contributed by atoms with Gasteiger partial charge in [0, 0.05) is 17.6 Å². The van der Waals surface area contributed by atoms with Crippen LogP contribution in [0.25, 0.3) is 11.0 Å². The van der Waals surface area contributed by atoms with E-state index in [9.17, 15) is 9.59 Å². The summed E-state index contributed by atoms with van der Waals surface area (Å²) in [6.45, 7) is 2.55. The molecule has 1 aliphatic carbocycles. The molecule has 1 aromatic carbocycles. The van der Waals surface area contributed by atoms with Crippen molar-refractivity contribution in [2.45, 2.75) is 45.2 Å². The number of carbonyl (C=O) groups is 1. The Morgan fingerprint density at radius 1 is 1.14 bits per heavy atom. The summed E-state index contributed by atoms with van der Waals surface area (Å²) in [5.74, 6) is 0.155. The minimum absolute atomic E-state index is 0.132. The Morgan fingerprint density at radius 2 is 1.93 bits per heavy atom. The van der Waals surface area contributed by atoms with E-state index in [4.69, 9.17) is 0 Å². The number of nitrogens with zero attached hydrogens (tertiary/aromatic N) is 2. The second kappa shape index (κ2) is 7.97. The van der Waals surface area contributed by atoms with Gasteiger partial charge in [0.1, 0.15) is 11.2 Å². The molecule has 0 aliphatic heterocycles. The van der Waals surface area contributed by atoms with E-state index in [1.165, 1.54) is 6.42 Å². The van der Waals surface area contributed by atoms with Crippen LogP contribution in [-0.2, 0) is 6.54 Å². The molecule has 1 amide bonds. The highest BCUT2D eigenvalue weighted by Crippen LogP contribution is 2.24. The number of carbonyl (C=O) groups excluding carboxylic acids is 1. The minimum atomic E-state index is -0.295. The molecule has 144 valence electrons. The lowest BCUT2D eigenvalue weighted by Gasteiger charge is -2.29. The van der Waals surface area contributed by atoms with Crippen LogP contribution in [0.4, 0.5) is 0 Å². The summed E-state index contributed by atoms with van der Waals surface area (Å²) < 4.78 is 1.60. The minimum Gasteiger partial charge on any atom is -0.349 e. The van der Waals surface area contributed by atoms with E-state index < -0.39 is 0 Å². The summed E-state index contributed by atoms with van der Waals surface area (Å²) in [5, 5.41) is 3.90. The van der Waals surface area contributed by atoms with E-state index in [2.05, 4.69) is 17.2 Å². The summed E-state index contributed by atoms with van der Waals surface area (Å²) in [4.78, 5) is 30.6. The first-order chi connectivity index (χ1) is 13.6. The second-order valence-electron chi connectivity index (χ2n) is 7.69. The average Bonchev–Trinajstić information content (AvgIpc) is 2.72. The van der Waals surface area contributed by atoms with Crippen LogP contribution in [0.1, 0.15) is 48.5 Å². The summed E-state index contributed by atoms with van der Waals surface area (Å²) in [5.41, 5.74) is 1.49. The molecule has 0 bridgehead atoms. The van der Waals surface area contributed by atoms with Crippen LogP contribution >= 0.6 is 0 Å². The highest BCUT2D eigenvalue weighted by Gasteiger charge is 2.25. The quantitative estimate of drug-likeness (QED) is 0.755. The number of nitrogens with one attached hydrogen (secondary N) is 1. The number of aromatic nitrogens is 2. The Kier molecular flexibility index (Phi) is 5.24. The van der Waals surface area contributed by atoms with Crippen LogP contribution in [0.15, 0.2) is 59.5 Å². The van der Waals surface area contributed by atoms with Crippen LogP contribution < -0.4 is 10.9 Å². The van der Waals surface area contributed by atoms with Crippen molar-refractivity contribution in [3.05, 3.63) is 76.2 Å². The van der Waals surface area contributed by atoms with E-state index in [0.717, 1.165) is 30.2 Å². The molecule has 1 fully saturated rings. The van der Waals surface area contributed by atoms with E-state index in [1.54, 1.807) is 16.8 Å². The molecule has 0 saturated heterocycles. The molecule has 5 nitrogen and oxygen atoms in total. The molecule has 28 heavy (non-hydrogen) atoms. The maximum atomic E-state index is 13.2. The molecule has 0 radical (unpaired) electrons. The number of hydrogen-bond donors (Lipinski definition) is 1. The van der Waals surface area contributed by atoms with Crippen molar-refractivity contribution >= 4 is 16.9 Å². The number of amides is 1. The topological polar surface area (TPSA) is 64.0 Å². The summed E-state index contributed by atoms with van der Waals surface area (Å²) >= 11 is 0. The predicted octanol–water partition coefficient (Wildman–Crippen LogP) is 3.75. The highest BCUT2D eigenvalue weighted by molar-refractivity contribution is 5.97. The van der Waals surface area contributed by atoms with Crippen molar-refractivity contribution in [1.82, 2.24) is 14.9 Å². The zero-order valence-electron chi connectivity index (χ0n) is 16.1. The van der Waals surface area contributed by atoms with Crippen molar-refractivity contribution in [2.24, 2.45) is 5.92 Å². The van der Waals surface area contributed by atoms with Gasteiger partial charge in [0.2, 0.25) is 0 Å². The summed E-state index contributed by atoms with van der Waals surface area (Å²) in [7, 11) is 0. The monoisotopic (exact) mass is 375 g/mol. The summed E-state index contributed by atoms with van der Waals surface area (Å²) in [6.07, 6.45) is 6.09. The fourth-order valence-corrected chi connectivity index (χ4v) is 4.06. The molecule has 3 aromatic rings. The van der Waals surface area contributed by atoms with Crippen LogP contribution in [0.2, 0.25) is 0 Å². The van der Waals surface area contributed by atoms with E-state index in [0.29, 0.717) is 18.1 Å². The van der Waals surface area contributed by atoms with E-state index in [1.807, 2.05) is 42.5 Å². The molecular weight excluding hydrogens is 350 g/mol. The molecule has 5 heteroatoms. The molecule has 1 N–H and O–H groups in total. The maximum Gasteiger partial charge on any atom is 0.265 e. The molecule has 1 aliphatic rings. The molecule has 2 atom stereocenters. The van der Waals surface area contributed by atoms with Crippen molar-refractivity contribution in [2.75, 3.05) is 0 Å². The Balaban J connectivity index is 1.73. The molecule has 2 aromatic heterocycles. The largest absolute Gasteiger partial charge is 0.349 e. The number of hydrogen-bond acceptors (Lipinski definition) is 3. The van der Waals surface area contributed by atoms with Gasteiger partial charge >= 0.3 is 0 Å². The fraction of sp³-hybridized carbons (Fsp3) is 0.348. The van der Waals surface area contributed by atoms with Gasteiger partial charge in [-0.1, -0.05) is 50.1 Å². The van der Waals surface area contributed by atoms with Crippen LogP contribution in [0.3, 0.4) is 0 Å². The van der Waals surface area contributed by atoms with E-state index in [-0.39, 0.29) is 23.1 Å². The molecular formula is C23H25N3O2. The Morgan fingerprint density at radius 3 is 2.71 bits per heavy atom. The summed E-state index contributed by atoms with van der Waals surface area (Å²) in [6, 6.07) is 15.3. The Labute approximate surface area is 164 Å². The zero-order valence-corrected chi connectivity index (χ0v) is 16.1. The van der Waals surface area contributed by atoms with Crippen LogP contribution in [-0.4, -0.2) is 21.5 Å². The lowest BCUT2D eigenvalue weighted by atomic mass is 9.86. The van der Waals surface area contributed by atoms with Crippen molar-refractivity contribution in [3.8, 4) is 0 Å².